The van der Waals surface area contributed by atoms with E-state index in [0.29, 0.717) is 38.3 Å². The summed E-state index contributed by atoms with van der Waals surface area (Å²) in [7, 11) is 0. The number of hydrogen-bond donors (Lipinski definition) is 2. The van der Waals surface area contributed by atoms with Gasteiger partial charge in [0.1, 0.15) is 10.5 Å². The average molecular weight is 405 g/mol. The van der Waals surface area contributed by atoms with Gasteiger partial charge in [0.2, 0.25) is 0 Å². The van der Waals surface area contributed by atoms with Crippen LogP contribution in [-0.2, 0) is 6.54 Å². The van der Waals surface area contributed by atoms with E-state index >= 15 is 0 Å². The highest BCUT2D eigenvalue weighted by atomic mass is 79.9. The zero-order chi connectivity index (χ0) is 15.0. The molecule has 1 aromatic carbocycles. The normalized spacial score (nSPS) is 11.0. The Labute approximate surface area is 142 Å². The summed E-state index contributed by atoms with van der Waals surface area (Å²) in [5.41, 5.74) is 1.24. The van der Waals surface area contributed by atoms with Gasteiger partial charge in [-0.2, -0.15) is 0 Å². The standard InChI is InChI=1S/C13H8BrCl2N3OS/c14-6-1-2-7(11(16)10(6)15)17-5-9-18-8-3-4-21-12(8)13(20)19-9/h1-4,17H,5H2,(H,18,19,20). The Kier molecular flexibility index (Phi) is 4.21. The first kappa shape index (κ1) is 14.8. The number of nitrogens with zero attached hydrogens (tertiary/aromatic N) is 1. The summed E-state index contributed by atoms with van der Waals surface area (Å²) in [4.78, 5) is 19.0. The number of benzene rings is 1. The minimum atomic E-state index is -0.133. The number of anilines is 1. The van der Waals surface area contributed by atoms with Gasteiger partial charge in [0.25, 0.3) is 5.56 Å². The van der Waals surface area contributed by atoms with Crippen LogP contribution in [0.25, 0.3) is 10.2 Å². The van der Waals surface area contributed by atoms with Gasteiger partial charge in [-0.25, -0.2) is 4.98 Å². The van der Waals surface area contributed by atoms with Crippen molar-refractivity contribution in [3.8, 4) is 0 Å². The molecule has 0 unspecified atom stereocenters. The number of fused-ring (bicyclic) bond motifs is 1. The Hall–Kier alpha value is -1.08. The Bertz CT molecular complexity index is 877. The van der Waals surface area contributed by atoms with Gasteiger partial charge in [0, 0.05) is 4.47 Å². The predicted molar refractivity (Wildman–Crippen MR) is 91.7 cm³/mol. The van der Waals surface area contributed by atoms with Crippen molar-refractivity contribution in [2.45, 2.75) is 6.54 Å². The van der Waals surface area contributed by atoms with Gasteiger partial charge in [-0.15, -0.1) is 11.3 Å². The molecule has 0 amide bonds. The third-order valence-electron chi connectivity index (χ3n) is 2.85. The van der Waals surface area contributed by atoms with Crippen molar-refractivity contribution < 1.29 is 0 Å². The predicted octanol–water partition coefficient (Wildman–Crippen LogP) is 4.67. The number of nitrogens with one attached hydrogen (secondary N) is 2. The summed E-state index contributed by atoms with van der Waals surface area (Å²) >= 11 is 16.9. The molecule has 0 atom stereocenters. The molecule has 2 heterocycles. The number of hydrogen-bond acceptors (Lipinski definition) is 4. The molecular weight excluding hydrogens is 397 g/mol. The van der Waals surface area contributed by atoms with Crippen LogP contribution in [0.4, 0.5) is 5.69 Å². The summed E-state index contributed by atoms with van der Waals surface area (Å²) in [5.74, 6) is 0.543. The van der Waals surface area contributed by atoms with Crippen molar-refractivity contribution in [1.29, 1.82) is 0 Å². The number of thiophene rings is 1. The second-order valence-electron chi connectivity index (χ2n) is 4.22. The first-order chi connectivity index (χ1) is 10.1. The van der Waals surface area contributed by atoms with Crippen LogP contribution in [0, 0.1) is 0 Å². The molecule has 0 aliphatic rings. The Morgan fingerprint density at radius 2 is 2.10 bits per heavy atom. The maximum atomic E-state index is 11.9. The molecular formula is C13H8BrCl2N3OS. The number of halogens is 3. The minimum Gasteiger partial charge on any atom is -0.377 e. The molecule has 0 saturated heterocycles. The highest BCUT2D eigenvalue weighted by molar-refractivity contribution is 9.10. The molecule has 0 spiro atoms. The number of rotatable bonds is 3. The Balaban J connectivity index is 1.87. The fourth-order valence-corrected chi connectivity index (χ4v) is 3.41. The van der Waals surface area contributed by atoms with E-state index in [9.17, 15) is 4.79 Å². The van der Waals surface area contributed by atoms with Crippen molar-refractivity contribution in [1.82, 2.24) is 9.97 Å². The van der Waals surface area contributed by atoms with Gasteiger partial charge in [-0.05, 0) is 39.5 Å². The molecule has 2 N–H and O–H groups in total. The van der Waals surface area contributed by atoms with Gasteiger partial charge < -0.3 is 10.3 Å². The molecule has 0 saturated carbocycles. The van der Waals surface area contributed by atoms with Crippen LogP contribution in [0.5, 0.6) is 0 Å². The fraction of sp³-hybridized carbons (Fsp3) is 0.0769. The summed E-state index contributed by atoms with van der Waals surface area (Å²) in [6, 6.07) is 5.43. The lowest BCUT2D eigenvalue weighted by Crippen LogP contribution is -2.13. The SMILES string of the molecule is O=c1[nH]c(CNc2ccc(Br)c(Cl)c2Cl)nc2ccsc12. The van der Waals surface area contributed by atoms with Crippen molar-refractivity contribution in [2.24, 2.45) is 0 Å². The van der Waals surface area contributed by atoms with Crippen LogP contribution in [0.2, 0.25) is 10.0 Å². The third kappa shape index (κ3) is 2.94. The van der Waals surface area contributed by atoms with Crippen LogP contribution < -0.4 is 10.9 Å². The summed E-state index contributed by atoms with van der Waals surface area (Å²) in [6.07, 6.45) is 0. The van der Waals surface area contributed by atoms with Gasteiger partial charge in [0.15, 0.2) is 0 Å². The molecule has 0 radical (unpaired) electrons. The maximum Gasteiger partial charge on any atom is 0.268 e. The van der Waals surface area contributed by atoms with E-state index in [2.05, 4.69) is 31.2 Å². The molecule has 4 nitrogen and oxygen atoms in total. The molecule has 0 aliphatic carbocycles. The first-order valence-corrected chi connectivity index (χ1v) is 8.33. The minimum absolute atomic E-state index is 0.133. The molecule has 2 aromatic heterocycles. The van der Waals surface area contributed by atoms with E-state index in [1.807, 2.05) is 11.4 Å². The van der Waals surface area contributed by atoms with Crippen LogP contribution in [-0.4, -0.2) is 9.97 Å². The largest absolute Gasteiger partial charge is 0.377 e. The lowest BCUT2D eigenvalue weighted by atomic mass is 10.3. The molecule has 0 aliphatic heterocycles. The van der Waals surface area contributed by atoms with Gasteiger partial charge in [-0.3, -0.25) is 4.79 Å². The van der Waals surface area contributed by atoms with E-state index in [4.69, 9.17) is 23.2 Å². The molecule has 108 valence electrons. The number of H-pyrrole nitrogens is 1. The van der Waals surface area contributed by atoms with E-state index < -0.39 is 0 Å². The van der Waals surface area contributed by atoms with Crippen LogP contribution in [0.15, 0.2) is 32.8 Å². The lowest BCUT2D eigenvalue weighted by Gasteiger charge is -2.10. The molecule has 0 fully saturated rings. The maximum absolute atomic E-state index is 11.9. The number of aromatic nitrogens is 2. The van der Waals surface area contributed by atoms with Crippen LogP contribution >= 0.6 is 50.5 Å². The van der Waals surface area contributed by atoms with Crippen molar-refractivity contribution in [3.05, 3.63) is 54.3 Å². The second-order valence-corrected chi connectivity index (χ2v) is 6.75. The summed E-state index contributed by atoms with van der Waals surface area (Å²) in [6.45, 7) is 0.346. The Morgan fingerprint density at radius 1 is 1.29 bits per heavy atom. The van der Waals surface area contributed by atoms with E-state index in [-0.39, 0.29) is 5.56 Å². The average Bonchev–Trinajstić information content (AvgIpc) is 2.93. The van der Waals surface area contributed by atoms with Crippen molar-refractivity contribution >= 4 is 66.4 Å². The highest BCUT2D eigenvalue weighted by Gasteiger charge is 2.09. The lowest BCUT2D eigenvalue weighted by molar-refractivity contribution is 0.956. The summed E-state index contributed by atoms with van der Waals surface area (Å²) < 4.78 is 1.36. The molecule has 8 heteroatoms. The van der Waals surface area contributed by atoms with E-state index in [1.54, 1.807) is 12.1 Å². The summed E-state index contributed by atoms with van der Waals surface area (Å²) in [5, 5.41) is 5.82. The zero-order valence-corrected chi connectivity index (χ0v) is 14.3. The van der Waals surface area contributed by atoms with Crippen molar-refractivity contribution in [3.63, 3.8) is 0 Å². The van der Waals surface area contributed by atoms with Crippen molar-refractivity contribution in [2.75, 3.05) is 5.32 Å². The van der Waals surface area contributed by atoms with E-state index in [0.717, 1.165) is 4.47 Å². The quantitative estimate of drug-likeness (QED) is 0.623. The van der Waals surface area contributed by atoms with Crippen LogP contribution in [0.3, 0.4) is 0 Å². The van der Waals surface area contributed by atoms with Crippen LogP contribution in [0.1, 0.15) is 5.82 Å². The van der Waals surface area contributed by atoms with Gasteiger partial charge >= 0.3 is 0 Å². The molecule has 21 heavy (non-hydrogen) atoms. The molecule has 3 rings (SSSR count). The topological polar surface area (TPSA) is 57.8 Å². The van der Waals surface area contributed by atoms with Gasteiger partial charge in [-0.1, -0.05) is 23.2 Å². The zero-order valence-electron chi connectivity index (χ0n) is 10.4. The molecule has 3 aromatic rings. The fourth-order valence-electron chi connectivity index (χ4n) is 1.85. The highest BCUT2D eigenvalue weighted by Crippen LogP contribution is 2.35. The first-order valence-electron chi connectivity index (χ1n) is 5.90. The third-order valence-corrected chi connectivity index (χ3v) is 5.52. The smallest absolute Gasteiger partial charge is 0.268 e. The molecule has 0 bridgehead atoms. The van der Waals surface area contributed by atoms with E-state index in [1.165, 1.54) is 11.3 Å². The monoisotopic (exact) mass is 403 g/mol. The number of aromatic amines is 1. The Morgan fingerprint density at radius 3 is 2.90 bits per heavy atom. The van der Waals surface area contributed by atoms with Gasteiger partial charge in [0.05, 0.1) is 27.8 Å². The second kappa shape index (κ2) is 5.96.